The number of anilines is 1. The quantitative estimate of drug-likeness (QED) is 0.448. The molecular weight excluding hydrogens is 430 g/mol. The molecule has 0 bridgehead atoms. The highest BCUT2D eigenvalue weighted by Gasteiger charge is 2.27. The number of aromatic nitrogens is 2. The number of carbonyl (C=O) groups excluding carboxylic acids is 1. The molecule has 3 aromatic rings. The summed E-state index contributed by atoms with van der Waals surface area (Å²) in [5, 5.41) is 14.3. The van der Waals surface area contributed by atoms with E-state index >= 15 is 0 Å². The van der Waals surface area contributed by atoms with Gasteiger partial charge in [0, 0.05) is 29.1 Å². The predicted octanol–water partition coefficient (Wildman–Crippen LogP) is 4.72. The SMILES string of the molecule is O=C(NC1CC1)c1cccc2c1cc[s+]2-c1nc(NCCC2CCNCC2)ncc1Cl. The summed E-state index contributed by atoms with van der Waals surface area (Å²) in [6.07, 6.45) is 7.41. The van der Waals surface area contributed by atoms with E-state index in [9.17, 15) is 4.79 Å². The van der Waals surface area contributed by atoms with Gasteiger partial charge >= 0.3 is 0 Å². The van der Waals surface area contributed by atoms with E-state index in [0.717, 1.165) is 65.5 Å². The average Bonchev–Trinajstić information content (AvgIpc) is 3.50. The zero-order valence-corrected chi connectivity index (χ0v) is 18.9. The number of carbonyl (C=O) groups is 1. The molecule has 0 spiro atoms. The molecule has 5 rings (SSSR count). The van der Waals surface area contributed by atoms with Gasteiger partial charge in [-0.3, -0.25) is 4.79 Å². The van der Waals surface area contributed by atoms with E-state index in [1.165, 1.54) is 12.8 Å². The van der Waals surface area contributed by atoms with E-state index in [2.05, 4.69) is 32.4 Å². The molecule has 162 valence electrons. The number of halogens is 1. The number of nitrogens with zero attached hydrogens (tertiary/aromatic N) is 2. The fourth-order valence-corrected chi connectivity index (χ4v) is 6.31. The summed E-state index contributed by atoms with van der Waals surface area (Å²) in [5.74, 6) is 1.38. The molecule has 31 heavy (non-hydrogen) atoms. The molecule has 1 aliphatic heterocycles. The molecular formula is C23H27ClN5OS+. The third kappa shape index (κ3) is 4.68. The van der Waals surface area contributed by atoms with Crippen LogP contribution in [0.5, 0.6) is 0 Å². The average molecular weight is 457 g/mol. The van der Waals surface area contributed by atoms with Crippen LogP contribution in [0.2, 0.25) is 5.02 Å². The minimum Gasteiger partial charge on any atom is -0.354 e. The van der Waals surface area contributed by atoms with E-state index in [0.29, 0.717) is 17.0 Å². The Hall–Kier alpha value is -2.22. The second-order valence-corrected chi connectivity index (χ2v) is 10.5. The lowest BCUT2D eigenvalue weighted by atomic mass is 9.95. The number of nitrogens with one attached hydrogen (secondary N) is 3. The summed E-state index contributed by atoms with van der Waals surface area (Å²) in [5.41, 5.74) is 0.723. The van der Waals surface area contributed by atoms with Crippen LogP contribution in [0.4, 0.5) is 5.95 Å². The van der Waals surface area contributed by atoms with Gasteiger partial charge in [0.25, 0.3) is 10.9 Å². The Morgan fingerprint density at radius 2 is 2.03 bits per heavy atom. The minimum absolute atomic E-state index is 0.00324. The van der Waals surface area contributed by atoms with E-state index in [-0.39, 0.29) is 5.91 Å². The maximum absolute atomic E-state index is 12.7. The standard InChI is InChI=1S/C23H26ClN5OS/c24-19-14-27-23(26-12-8-15-6-10-25-11-7-15)29-22(19)31-13-9-17-18(2-1-3-20(17)31)21(30)28-16-4-5-16/h1-3,9,13-16,25H,4-8,10-12H2,(H-,26,27,28,29,30)/p+1. The first-order chi connectivity index (χ1) is 15.2. The molecule has 1 aliphatic carbocycles. The second kappa shape index (κ2) is 9.10. The first-order valence-electron chi connectivity index (χ1n) is 11.0. The van der Waals surface area contributed by atoms with Crippen LogP contribution in [0.3, 0.4) is 0 Å². The highest BCUT2D eigenvalue weighted by atomic mass is 35.5. The number of thiophene rings is 1. The molecule has 0 radical (unpaired) electrons. The van der Waals surface area contributed by atoms with Crippen molar-refractivity contribution in [3.05, 3.63) is 46.4 Å². The van der Waals surface area contributed by atoms with E-state index in [1.54, 1.807) is 6.20 Å². The number of hydrogen-bond donors (Lipinski definition) is 3. The molecule has 1 unspecified atom stereocenters. The van der Waals surface area contributed by atoms with Gasteiger partial charge in [-0.15, -0.1) is 0 Å². The van der Waals surface area contributed by atoms with Gasteiger partial charge < -0.3 is 16.0 Å². The number of benzene rings is 1. The normalized spacial score (nSPS) is 17.6. The molecule has 3 heterocycles. The summed E-state index contributed by atoms with van der Waals surface area (Å²) >= 11 is 6.51. The number of piperidine rings is 1. The fourth-order valence-electron chi connectivity index (χ4n) is 4.12. The molecule has 2 aromatic heterocycles. The van der Waals surface area contributed by atoms with Crippen LogP contribution in [0.1, 0.15) is 42.5 Å². The predicted molar refractivity (Wildman–Crippen MR) is 128 cm³/mol. The van der Waals surface area contributed by atoms with Gasteiger partial charge in [-0.05, 0) is 63.2 Å². The number of amides is 1. The number of rotatable bonds is 7. The molecule has 1 amide bonds. The van der Waals surface area contributed by atoms with E-state index in [1.807, 2.05) is 18.2 Å². The first kappa shape index (κ1) is 20.7. The zero-order valence-electron chi connectivity index (χ0n) is 17.4. The van der Waals surface area contributed by atoms with Crippen molar-refractivity contribution in [2.24, 2.45) is 5.92 Å². The Bertz CT molecular complexity index is 1090. The molecule has 3 N–H and O–H groups in total. The maximum atomic E-state index is 12.7. The summed E-state index contributed by atoms with van der Waals surface area (Å²) in [7, 11) is -0.413. The molecule has 8 heteroatoms. The van der Waals surface area contributed by atoms with E-state index in [4.69, 9.17) is 16.6 Å². The lowest BCUT2D eigenvalue weighted by molar-refractivity contribution is 0.0953. The summed E-state index contributed by atoms with van der Waals surface area (Å²) in [6, 6.07) is 8.27. The molecule has 1 aromatic carbocycles. The van der Waals surface area contributed by atoms with Crippen LogP contribution < -0.4 is 16.0 Å². The van der Waals surface area contributed by atoms with Crippen molar-refractivity contribution in [1.82, 2.24) is 20.6 Å². The second-order valence-electron chi connectivity index (χ2n) is 8.36. The fraction of sp³-hybridized carbons (Fsp3) is 0.435. The lowest BCUT2D eigenvalue weighted by Crippen LogP contribution is -2.28. The zero-order chi connectivity index (χ0) is 21.2. The summed E-state index contributed by atoms with van der Waals surface area (Å²) in [6.45, 7) is 3.08. The molecule has 6 nitrogen and oxygen atoms in total. The van der Waals surface area contributed by atoms with E-state index < -0.39 is 10.5 Å². The molecule has 1 saturated carbocycles. The molecule has 1 saturated heterocycles. The molecule has 1 atom stereocenters. The van der Waals surface area contributed by atoms with Crippen molar-refractivity contribution in [2.75, 3.05) is 25.0 Å². The van der Waals surface area contributed by atoms with Gasteiger partial charge in [0.1, 0.15) is 10.4 Å². The van der Waals surface area contributed by atoms with Crippen molar-refractivity contribution >= 4 is 44.0 Å². The van der Waals surface area contributed by atoms with Crippen LogP contribution >= 0.6 is 22.1 Å². The van der Waals surface area contributed by atoms with Crippen LogP contribution in [0, 0.1) is 5.92 Å². The van der Waals surface area contributed by atoms with Crippen LogP contribution in [-0.2, 0) is 0 Å². The van der Waals surface area contributed by atoms with Gasteiger partial charge in [-0.25, -0.2) is 4.98 Å². The summed E-state index contributed by atoms with van der Waals surface area (Å²) < 4.78 is 1.09. The van der Waals surface area contributed by atoms with Gasteiger partial charge in [-0.2, -0.15) is 4.98 Å². The minimum atomic E-state index is -0.413. The van der Waals surface area contributed by atoms with Crippen LogP contribution in [0.25, 0.3) is 15.1 Å². The topological polar surface area (TPSA) is 78.9 Å². The van der Waals surface area contributed by atoms with Crippen molar-refractivity contribution in [3.63, 3.8) is 0 Å². The number of hydrogen-bond acceptors (Lipinski definition) is 5. The highest BCUT2D eigenvalue weighted by molar-refractivity contribution is 7.43. The smallest absolute Gasteiger partial charge is 0.295 e. The first-order valence-corrected chi connectivity index (χ1v) is 12.7. The van der Waals surface area contributed by atoms with Crippen molar-refractivity contribution in [3.8, 4) is 5.03 Å². The van der Waals surface area contributed by atoms with Crippen LogP contribution in [0.15, 0.2) is 35.8 Å². The maximum Gasteiger partial charge on any atom is 0.295 e. The summed E-state index contributed by atoms with van der Waals surface area (Å²) in [4.78, 5) is 21.8. The van der Waals surface area contributed by atoms with Crippen molar-refractivity contribution < 1.29 is 4.79 Å². The Morgan fingerprint density at radius 1 is 1.19 bits per heavy atom. The molecule has 2 fully saturated rings. The Labute approximate surface area is 189 Å². The van der Waals surface area contributed by atoms with Gasteiger partial charge in [0.2, 0.25) is 5.95 Å². The highest BCUT2D eigenvalue weighted by Crippen LogP contribution is 2.43. The Balaban J connectivity index is 1.36. The Morgan fingerprint density at radius 3 is 2.84 bits per heavy atom. The van der Waals surface area contributed by atoms with Gasteiger partial charge in [-0.1, -0.05) is 17.7 Å². The molecule has 2 aliphatic rings. The Kier molecular flexibility index (Phi) is 6.07. The largest absolute Gasteiger partial charge is 0.354 e. The lowest BCUT2D eigenvalue weighted by Gasteiger charge is -2.22. The third-order valence-electron chi connectivity index (χ3n) is 6.05. The third-order valence-corrected chi connectivity index (χ3v) is 8.40. The number of fused-ring (bicyclic) bond motifs is 1. The monoisotopic (exact) mass is 456 g/mol. The van der Waals surface area contributed by atoms with Gasteiger partial charge in [0.05, 0.1) is 17.1 Å². The van der Waals surface area contributed by atoms with Gasteiger partial charge in [0.15, 0.2) is 4.70 Å². The van der Waals surface area contributed by atoms with Crippen LogP contribution in [-0.4, -0.2) is 41.6 Å². The van der Waals surface area contributed by atoms with Crippen molar-refractivity contribution in [1.29, 1.82) is 0 Å². The van der Waals surface area contributed by atoms with Crippen molar-refractivity contribution in [2.45, 2.75) is 38.1 Å².